The van der Waals surface area contributed by atoms with Gasteiger partial charge in [0.1, 0.15) is 5.75 Å². The number of hydrogen-bond donors (Lipinski definition) is 2. The molecule has 0 aliphatic carbocycles. The van der Waals surface area contributed by atoms with Crippen molar-refractivity contribution in [3.05, 3.63) is 28.3 Å². The Kier molecular flexibility index (Phi) is 6.38. The first-order valence-corrected chi connectivity index (χ1v) is 8.20. The number of non-ortho nitro benzene ring substituents is 1. The number of nitrogens with two attached hydrogens (primary N) is 1. The SMILES string of the molecule is CCCOc1cc(NCCCS(N)(=O)=O)cc([N+](=O)[O-])c1. The van der Waals surface area contributed by atoms with Gasteiger partial charge in [-0.2, -0.15) is 0 Å². The number of primary sulfonamides is 1. The second kappa shape index (κ2) is 7.79. The summed E-state index contributed by atoms with van der Waals surface area (Å²) in [7, 11) is -3.49. The first-order chi connectivity index (χ1) is 9.81. The van der Waals surface area contributed by atoms with E-state index in [1.807, 2.05) is 6.92 Å². The zero-order valence-electron chi connectivity index (χ0n) is 11.7. The van der Waals surface area contributed by atoms with Gasteiger partial charge in [-0.25, -0.2) is 13.6 Å². The van der Waals surface area contributed by atoms with E-state index < -0.39 is 14.9 Å². The van der Waals surface area contributed by atoms with Crippen LogP contribution >= 0.6 is 0 Å². The van der Waals surface area contributed by atoms with Crippen LogP contribution < -0.4 is 15.2 Å². The molecule has 0 heterocycles. The largest absolute Gasteiger partial charge is 0.493 e. The van der Waals surface area contributed by atoms with E-state index in [4.69, 9.17) is 9.88 Å². The van der Waals surface area contributed by atoms with Crippen molar-refractivity contribution in [2.45, 2.75) is 19.8 Å². The Morgan fingerprint density at radius 3 is 2.67 bits per heavy atom. The molecule has 0 bridgehead atoms. The number of nitro groups is 1. The van der Waals surface area contributed by atoms with Crippen molar-refractivity contribution < 1.29 is 18.1 Å². The van der Waals surface area contributed by atoms with E-state index in [9.17, 15) is 18.5 Å². The molecule has 8 nitrogen and oxygen atoms in total. The van der Waals surface area contributed by atoms with Crippen molar-refractivity contribution in [3.8, 4) is 5.75 Å². The van der Waals surface area contributed by atoms with Gasteiger partial charge in [0.25, 0.3) is 5.69 Å². The van der Waals surface area contributed by atoms with Crippen LogP contribution in [0.25, 0.3) is 0 Å². The molecule has 3 N–H and O–H groups in total. The molecule has 1 rings (SSSR count). The van der Waals surface area contributed by atoms with Crippen LogP contribution in [0.5, 0.6) is 5.75 Å². The maximum atomic E-state index is 10.9. The summed E-state index contributed by atoms with van der Waals surface area (Å²) in [6.45, 7) is 2.74. The maximum Gasteiger partial charge on any atom is 0.275 e. The molecular weight excluding hydrogens is 298 g/mol. The summed E-state index contributed by atoms with van der Waals surface area (Å²) in [5.41, 5.74) is 0.419. The molecule has 1 aromatic carbocycles. The fraction of sp³-hybridized carbons (Fsp3) is 0.500. The number of hydrogen-bond acceptors (Lipinski definition) is 6. The molecule has 0 aromatic heterocycles. The van der Waals surface area contributed by atoms with E-state index in [0.717, 1.165) is 6.42 Å². The zero-order chi connectivity index (χ0) is 15.9. The maximum absolute atomic E-state index is 10.9. The smallest absolute Gasteiger partial charge is 0.275 e. The molecule has 0 radical (unpaired) electrons. The lowest BCUT2D eigenvalue weighted by molar-refractivity contribution is -0.384. The van der Waals surface area contributed by atoms with Gasteiger partial charge < -0.3 is 10.1 Å². The summed E-state index contributed by atoms with van der Waals surface area (Å²) >= 11 is 0. The van der Waals surface area contributed by atoms with Crippen molar-refractivity contribution >= 4 is 21.4 Å². The Hall–Kier alpha value is -1.87. The topological polar surface area (TPSA) is 125 Å². The van der Waals surface area contributed by atoms with Crippen molar-refractivity contribution in [1.29, 1.82) is 0 Å². The summed E-state index contributed by atoms with van der Waals surface area (Å²) in [5, 5.41) is 18.7. The molecule has 0 atom stereocenters. The van der Waals surface area contributed by atoms with Crippen LogP contribution in [0.1, 0.15) is 19.8 Å². The molecule has 0 aliphatic rings. The average molecular weight is 317 g/mol. The highest BCUT2D eigenvalue weighted by molar-refractivity contribution is 7.89. The molecule has 0 saturated heterocycles. The van der Waals surface area contributed by atoms with Gasteiger partial charge in [0.2, 0.25) is 10.0 Å². The van der Waals surface area contributed by atoms with Gasteiger partial charge in [-0.05, 0) is 12.8 Å². The predicted molar refractivity (Wildman–Crippen MR) is 80.0 cm³/mol. The van der Waals surface area contributed by atoms with Crippen molar-refractivity contribution in [2.75, 3.05) is 24.2 Å². The van der Waals surface area contributed by atoms with Crippen LogP contribution in [0.15, 0.2) is 18.2 Å². The van der Waals surface area contributed by atoms with E-state index in [2.05, 4.69) is 5.32 Å². The number of nitro benzene ring substituents is 1. The molecule has 9 heteroatoms. The van der Waals surface area contributed by atoms with Gasteiger partial charge in [0.05, 0.1) is 23.3 Å². The third kappa shape index (κ3) is 6.91. The number of rotatable bonds is 9. The van der Waals surface area contributed by atoms with Gasteiger partial charge in [-0.3, -0.25) is 10.1 Å². The van der Waals surface area contributed by atoms with E-state index >= 15 is 0 Å². The Morgan fingerprint density at radius 1 is 1.38 bits per heavy atom. The van der Waals surface area contributed by atoms with Gasteiger partial charge in [-0.1, -0.05) is 6.92 Å². The second-order valence-electron chi connectivity index (χ2n) is 4.47. The minimum atomic E-state index is -3.49. The van der Waals surface area contributed by atoms with Gasteiger partial charge in [0.15, 0.2) is 0 Å². The highest BCUT2D eigenvalue weighted by atomic mass is 32.2. The number of nitrogens with zero attached hydrogens (tertiary/aromatic N) is 1. The lowest BCUT2D eigenvalue weighted by Gasteiger charge is -2.09. The quantitative estimate of drug-likeness (QED) is 0.404. The van der Waals surface area contributed by atoms with Gasteiger partial charge in [-0.15, -0.1) is 0 Å². The van der Waals surface area contributed by atoms with Crippen LogP contribution in [0.2, 0.25) is 0 Å². The standard InChI is InChI=1S/C12H19N3O5S/c1-2-5-20-12-8-10(7-11(9-12)15(16)17)14-4-3-6-21(13,18)19/h7-9,14H,2-6H2,1H3,(H2,13,18,19). The molecule has 0 unspecified atom stereocenters. The van der Waals surface area contributed by atoms with Crippen LogP contribution in [0, 0.1) is 10.1 Å². The molecule has 0 fully saturated rings. The lowest BCUT2D eigenvalue weighted by atomic mass is 10.2. The minimum Gasteiger partial charge on any atom is -0.493 e. The highest BCUT2D eigenvalue weighted by Crippen LogP contribution is 2.26. The summed E-state index contributed by atoms with van der Waals surface area (Å²) in [5.74, 6) is 0.258. The lowest BCUT2D eigenvalue weighted by Crippen LogP contribution is -2.18. The fourth-order valence-electron chi connectivity index (χ4n) is 1.60. The monoisotopic (exact) mass is 317 g/mol. The molecule has 0 aliphatic heterocycles. The van der Waals surface area contributed by atoms with E-state index in [-0.39, 0.29) is 11.4 Å². The molecular formula is C12H19N3O5S. The Bertz CT molecular complexity index is 589. The number of ether oxygens (including phenoxy) is 1. The van der Waals surface area contributed by atoms with Gasteiger partial charge in [0, 0.05) is 24.4 Å². The molecule has 0 spiro atoms. The van der Waals surface area contributed by atoms with Crippen molar-refractivity contribution in [3.63, 3.8) is 0 Å². The molecule has 0 saturated carbocycles. The second-order valence-corrected chi connectivity index (χ2v) is 6.20. The minimum absolute atomic E-state index is 0.0856. The number of nitrogens with one attached hydrogen (secondary N) is 1. The number of benzene rings is 1. The van der Waals surface area contributed by atoms with Gasteiger partial charge >= 0.3 is 0 Å². The predicted octanol–water partition coefficient (Wildman–Crippen LogP) is 1.47. The first kappa shape index (κ1) is 17.2. The van der Waals surface area contributed by atoms with Crippen LogP contribution in [0.3, 0.4) is 0 Å². The average Bonchev–Trinajstić information content (AvgIpc) is 2.40. The van der Waals surface area contributed by atoms with Crippen molar-refractivity contribution in [2.24, 2.45) is 5.14 Å². The molecule has 0 amide bonds. The molecule has 118 valence electrons. The number of sulfonamides is 1. The Morgan fingerprint density at radius 2 is 2.10 bits per heavy atom. The third-order valence-electron chi connectivity index (χ3n) is 2.51. The van der Waals surface area contributed by atoms with E-state index in [1.54, 1.807) is 6.07 Å². The van der Waals surface area contributed by atoms with Crippen molar-refractivity contribution in [1.82, 2.24) is 0 Å². The first-order valence-electron chi connectivity index (χ1n) is 6.48. The summed E-state index contributed by atoms with van der Waals surface area (Å²) in [4.78, 5) is 10.4. The normalized spacial score (nSPS) is 11.1. The third-order valence-corrected chi connectivity index (χ3v) is 3.37. The Balaban J connectivity index is 2.71. The Labute approximate surface area is 123 Å². The van der Waals surface area contributed by atoms with E-state index in [0.29, 0.717) is 31.0 Å². The fourth-order valence-corrected chi connectivity index (χ4v) is 2.15. The molecule has 1 aromatic rings. The number of anilines is 1. The zero-order valence-corrected chi connectivity index (χ0v) is 12.6. The summed E-state index contributed by atoms with van der Waals surface area (Å²) in [6.07, 6.45) is 1.10. The summed E-state index contributed by atoms with van der Waals surface area (Å²) < 4.78 is 27.0. The van der Waals surface area contributed by atoms with Crippen LogP contribution in [0.4, 0.5) is 11.4 Å². The molecule has 21 heavy (non-hydrogen) atoms. The van der Waals surface area contributed by atoms with Crippen LogP contribution in [-0.2, 0) is 10.0 Å². The van der Waals surface area contributed by atoms with E-state index in [1.165, 1.54) is 12.1 Å². The summed E-state index contributed by atoms with van der Waals surface area (Å²) in [6, 6.07) is 4.36. The van der Waals surface area contributed by atoms with Crippen LogP contribution in [-0.4, -0.2) is 32.2 Å². The highest BCUT2D eigenvalue weighted by Gasteiger charge is 2.11.